The van der Waals surface area contributed by atoms with E-state index in [1.165, 1.54) is 0 Å². The van der Waals surface area contributed by atoms with Crippen LogP contribution in [0.15, 0.2) is 48.5 Å². The van der Waals surface area contributed by atoms with Crippen molar-refractivity contribution in [3.63, 3.8) is 0 Å². The van der Waals surface area contributed by atoms with Gasteiger partial charge in [0.25, 0.3) is 5.91 Å². The molecule has 10 nitrogen and oxygen atoms in total. The number of aliphatic hydroxyl groups is 1. The van der Waals surface area contributed by atoms with Crippen molar-refractivity contribution in [2.45, 2.75) is 90.4 Å². The Hall–Kier alpha value is -3.63. The number of aliphatic hydroxyl groups excluding tert-OH is 1. The first-order valence-electron chi connectivity index (χ1n) is 16.9. The van der Waals surface area contributed by atoms with Crippen LogP contribution in [0.25, 0.3) is 0 Å². The van der Waals surface area contributed by atoms with E-state index in [2.05, 4.69) is 10.6 Å². The Kier molecular flexibility index (Phi) is 13.3. The minimum atomic E-state index is -0.492. The number of urea groups is 1. The van der Waals surface area contributed by atoms with E-state index in [0.717, 1.165) is 51.4 Å². The van der Waals surface area contributed by atoms with Gasteiger partial charge in [0.1, 0.15) is 5.75 Å². The first-order chi connectivity index (χ1) is 22.2. The van der Waals surface area contributed by atoms with Gasteiger partial charge in [-0.25, -0.2) is 4.79 Å². The summed E-state index contributed by atoms with van der Waals surface area (Å²) in [5.41, 5.74) is 1.60. The number of benzene rings is 2. The second-order valence-corrected chi connectivity index (χ2v) is 13.0. The van der Waals surface area contributed by atoms with Crippen molar-refractivity contribution in [3.05, 3.63) is 54.1 Å². The van der Waals surface area contributed by atoms with Crippen LogP contribution in [0.1, 0.15) is 82.5 Å². The largest absolute Gasteiger partial charge is 0.490 e. The number of ether oxygens (including phenoxy) is 2. The maximum Gasteiger partial charge on any atom is 0.321 e. The van der Waals surface area contributed by atoms with E-state index in [0.29, 0.717) is 35.8 Å². The fraction of sp³-hybridized carbons (Fsp3) is 0.583. The summed E-state index contributed by atoms with van der Waals surface area (Å²) in [5, 5.41) is 16.2. The highest BCUT2D eigenvalue weighted by Gasteiger charge is 2.31. The summed E-state index contributed by atoms with van der Waals surface area (Å²) in [4.78, 5) is 43.7. The molecule has 2 aliphatic rings. The van der Waals surface area contributed by atoms with Crippen LogP contribution in [0.2, 0.25) is 0 Å². The Balaban J connectivity index is 1.58. The number of anilines is 2. The molecule has 2 aromatic carbocycles. The topological polar surface area (TPSA) is 120 Å². The Morgan fingerprint density at radius 1 is 0.978 bits per heavy atom. The van der Waals surface area contributed by atoms with Crippen molar-refractivity contribution in [1.82, 2.24) is 9.80 Å². The Labute approximate surface area is 273 Å². The van der Waals surface area contributed by atoms with Gasteiger partial charge < -0.3 is 35.0 Å². The van der Waals surface area contributed by atoms with Gasteiger partial charge >= 0.3 is 6.03 Å². The number of para-hydroxylation sites is 1. The third-order valence-corrected chi connectivity index (χ3v) is 9.12. The van der Waals surface area contributed by atoms with Crippen molar-refractivity contribution in [3.8, 4) is 5.75 Å². The van der Waals surface area contributed by atoms with Gasteiger partial charge in [0.2, 0.25) is 5.91 Å². The molecule has 1 aliphatic carbocycles. The van der Waals surface area contributed by atoms with Crippen LogP contribution in [0.4, 0.5) is 16.2 Å². The van der Waals surface area contributed by atoms with Crippen LogP contribution < -0.4 is 15.4 Å². The summed E-state index contributed by atoms with van der Waals surface area (Å²) in [6.07, 6.45) is 6.98. The third kappa shape index (κ3) is 9.93. The van der Waals surface area contributed by atoms with Crippen LogP contribution in [0, 0.1) is 11.8 Å². The number of fused-ring (bicyclic) bond motifs is 1. The molecule has 0 bridgehead atoms. The van der Waals surface area contributed by atoms with E-state index in [1.807, 2.05) is 44.2 Å². The zero-order valence-electron chi connectivity index (χ0n) is 27.9. The van der Waals surface area contributed by atoms with Gasteiger partial charge in [-0.15, -0.1) is 0 Å². The zero-order chi connectivity index (χ0) is 33.1. The fourth-order valence-electron chi connectivity index (χ4n) is 6.17. The van der Waals surface area contributed by atoms with Gasteiger partial charge in [0, 0.05) is 50.0 Å². The molecule has 0 saturated heterocycles. The zero-order valence-corrected chi connectivity index (χ0v) is 27.9. The molecule has 0 radical (unpaired) electrons. The molecular formula is C36H52N4O6. The highest BCUT2D eigenvalue weighted by molar-refractivity contribution is 6.00. The van der Waals surface area contributed by atoms with E-state index >= 15 is 0 Å². The van der Waals surface area contributed by atoms with E-state index in [4.69, 9.17) is 9.47 Å². The maximum atomic E-state index is 14.3. The standard InChI is InChI=1S/C36H52N4O6/c1-25-22-40(26(2)24-41)35(43)31-21-30(37-34(42)28-14-7-5-8-15-28)18-19-32(31)46-27(3)13-11-12-20-45-33(25)23-39(4)36(44)38-29-16-9-6-10-17-29/h6,9-10,16-19,21,25-28,33,41H,5,7-8,11-15,20,22-24H2,1-4H3,(H,37,42)(H,38,44)/t25-,26+,27+,33-/m1/s1. The summed E-state index contributed by atoms with van der Waals surface area (Å²) >= 11 is 0. The molecule has 4 atom stereocenters. The number of carbonyl (C=O) groups is 3. The average Bonchev–Trinajstić information content (AvgIpc) is 3.06. The lowest BCUT2D eigenvalue weighted by atomic mass is 9.88. The maximum absolute atomic E-state index is 14.3. The van der Waals surface area contributed by atoms with E-state index in [1.54, 1.807) is 42.0 Å². The number of amides is 4. The van der Waals surface area contributed by atoms with Gasteiger partial charge in [0.15, 0.2) is 0 Å². The third-order valence-electron chi connectivity index (χ3n) is 9.12. The molecule has 46 heavy (non-hydrogen) atoms. The molecule has 0 aromatic heterocycles. The first kappa shape index (κ1) is 35.2. The molecule has 252 valence electrons. The molecule has 4 amide bonds. The molecule has 1 aliphatic heterocycles. The fourth-order valence-corrected chi connectivity index (χ4v) is 6.17. The molecule has 0 spiro atoms. The summed E-state index contributed by atoms with van der Waals surface area (Å²) in [6.45, 7) is 6.69. The lowest BCUT2D eigenvalue weighted by molar-refractivity contribution is -0.120. The lowest BCUT2D eigenvalue weighted by Crippen LogP contribution is -2.48. The summed E-state index contributed by atoms with van der Waals surface area (Å²) < 4.78 is 12.7. The monoisotopic (exact) mass is 636 g/mol. The lowest BCUT2D eigenvalue weighted by Gasteiger charge is -2.35. The number of hydrogen-bond acceptors (Lipinski definition) is 6. The second-order valence-electron chi connectivity index (χ2n) is 13.0. The molecular weight excluding hydrogens is 584 g/mol. The molecule has 1 heterocycles. The van der Waals surface area contributed by atoms with Crippen molar-refractivity contribution >= 4 is 29.2 Å². The molecule has 10 heteroatoms. The number of nitrogens with zero attached hydrogens (tertiary/aromatic N) is 2. The number of nitrogens with one attached hydrogen (secondary N) is 2. The number of likely N-dealkylation sites (N-methyl/N-ethyl adjacent to an activating group) is 1. The minimum absolute atomic E-state index is 0.0168. The first-order valence-corrected chi connectivity index (χ1v) is 16.9. The molecule has 1 fully saturated rings. The van der Waals surface area contributed by atoms with Crippen LogP contribution in [-0.2, 0) is 9.53 Å². The smallest absolute Gasteiger partial charge is 0.321 e. The highest BCUT2D eigenvalue weighted by Crippen LogP contribution is 2.30. The van der Waals surface area contributed by atoms with E-state index in [9.17, 15) is 19.5 Å². The molecule has 0 unspecified atom stereocenters. The Bertz CT molecular complexity index is 1280. The van der Waals surface area contributed by atoms with Gasteiger partial charge in [-0.3, -0.25) is 9.59 Å². The average molecular weight is 637 g/mol. The van der Waals surface area contributed by atoms with Crippen molar-refractivity contribution in [2.24, 2.45) is 11.8 Å². The van der Waals surface area contributed by atoms with E-state index < -0.39 is 6.04 Å². The molecule has 1 saturated carbocycles. The van der Waals surface area contributed by atoms with Gasteiger partial charge in [0.05, 0.1) is 30.4 Å². The van der Waals surface area contributed by atoms with Gasteiger partial charge in [-0.1, -0.05) is 44.4 Å². The van der Waals surface area contributed by atoms with Crippen LogP contribution >= 0.6 is 0 Å². The van der Waals surface area contributed by atoms with Crippen LogP contribution in [0.3, 0.4) is 0 Å². The predicted molar refractivity (Wildman–Crippen MR) is 180 cm³/mol. The predicted octanol–water partition coefficient (Wildman–Crippen LogP) is 6.16. The second kappa shape index (κ2) is 17.3. The Morgan fingerprint density at radius 2 is 1.70 bits per heavy atom. The summed E-state index contributed by atoms with van der Waals surface area (Å²) in [5.74, 6) is -0.0540. The minimum Gasteiger partial charge on any atom is -0.490 e. The molecule has 4 rings (SSSR count). The van der Waals surface area contributed by atoms with Crippen LogP contribution in [0.5, 0.6) is 5.75 Å². The Morgan fingerprint density at radius 3 is 2.41 bits per heavy atom. The van der Waals surface area contributed by atoms with Crippen molar-refractivity contribution < 1.29 is 29.0 Å². The van der Waals surface area contributed by atoms with E-state index in [-0.39, 0.29) is 55.0 Å². The summed E-state index contributed by atoms with van der Waals surface area (Å²) in [7, 11) is 1.73. The van der Waals surface area contributed by atoms with Crippen LogP contribution in [-0.4, -0.2) is 84.4 Å². The number of rotatable bonds is 7. The normalized spacial score (nSPS) is 22.5. The van der Waals surface area contributed by atoms with Crippen molar-refractivity contribution in [2.75, 3.05) is 44.0 Å². The molecule has 3 N–H and O–H groups in total. The number of hydrogen-bond donors (Lipinski definition) is 3. The summed E-state index contributed by atoms with van der Waals surface area (Å²) in [6, 6.07) is 13.8. The SMILES string of the molecule is C[C@@H]1CN([C@@H](C)CO)C(=O)c2cc(NC(=O)C3CCCCC3)ccc2O[C@@H](C)CCCCO[C@@H]1CN(C)C(=O)Nc1ccccc1. The number of carbonyl (C=O) groups excluding carboxylic acids is 3. The highest BCUT2D eigenvalue weighted by atomic mass is 16.5. The van der Waals surface area contributed by atoms with Gasteiger partial charge in [-0.2, -0.15) is 0 Å². The quantitative estimate of drug-likeness (QED) is 0.335. The van der Waals surface area contributed by atoms with Gasteiger partial charge in [-0.05, 0) is 76.3 Å². The molecule has 2 aromatic rings. The van der Waals surface area contributed by atoms with Crippen molar-refractivity contribution in [1.29, 1.82) is 0 Å².